The van der Waals surface area contributed by atoms with E-state index in [2.05, 4.69) is 5.32 Å². The number of ether oxygens (including phenoxy) is 1. The summed E-state index contributed by atoms with van der Waals surface area (Å²) in [6, 6.07) is 7.77. The van der Waals surface area contributed by atoms with Crippen molar-refractivity contribution < 1.29 is 14.3 Å². The molecule has 0 unspecified atom stereocenters. The molecule has 1 fully saturated rings. The van der Waals surface area contributed by atoms with Crippen LogP contribution in [-0.2, 0) is 16.0 Å². The van der Waals surface area contributed by atoms with Crippen molar-refractivity contribution in [3.05, 3.63) is 35.4 Å². The van der Waals surface area contributed by atoms with Crippen LogP contribution in [0.2, 0.25) is 0 Å². The third-order valence-electron chi connectivity index (χ3n) is 4.05. The number of hydrogen-bond acceptors (Lipinski definition) is 3. The van der Waals surface area contributed by atoms with E-state index in [1.807, 2.05) is 43.0 Å². The molecule has 1 N–H and O–H groups in total. The second-order valence-corrected chi connectivity index (χ2v) is 6.39. The SMILES string of the molecule is COCCN1C[C@H](Cc2ccccc2C(=O)NC(C)C)CC1=O. The normalized spacial score (nSPS) is 17.8. The lowest BCUT2D eigenvalue weighted by molar-refractivity contribution is -0.128. The molecule has 5 heteroatoms. The van der Waals surface area contributed by atoms with Crippen LogP contribution in [0.25, 0.3) is 0 Å². The van der Waals surface area contributed by atoms with Gasteiger partial charge in [-0.25, -0.2) is 0 Å². The average Bonchev–Trinajstić information content (AvgIpc) is 2.84. The highest BCUT2D eigenvalue weighted by Crippen LogP contribution is 2.23. The quantitative estimate of drug-likeness (QED) is 0.835. The molecule has 0 bridgehead atoms. The fraction of sp³-hybridized carbons (Fsp3) is 0.556. The number of hydrogen-bond donors (Lipinski definition) is 1. The summed E-state index contributed by atoms with van der Waals surface area (Å²) in [5.74, 6) is 0.389. The highest BCUT2D eigenvalue weighted by molar-refractivity contribution is 5.95. The molecule has 0 aliphatic carbocycles. The fourth-order valence-corrected chi connectivity index (χ4v) is 2.98. The number of methoxy groups -OCH3 is 1. The number of rotatable bonds is 7. The second kappa shape index (κ2) is 8.11. The summed E-state index contributed by atoms with van der Waals surface area (Å²) in [5.41, 5.74) is 1.72. The van der Waals surface area contributed by atoms with Crippen molar-refractivity contribution in [1.29, 1.82) is 0 Å². The first-order valence-electron chi connectivity index (χ1n) is 8.16. The summed E-state index contributed by atoms with van der Waals surface area (Å²) in [6.45, 7) is 5.84. The van der Waals surface area contributed by atoms with Crippen LogP contribution in [0.1, 0.15) is 36.2 Å². The topological polar surface area (TPSA) is 58.6 Å². The molecule has 1 aromatic carbocycles. The highest BCUT2D eigenvalue weighted by atomic mass is 16.5. The van der Waals surface area contributed by atoms with Crippen molar-refractivity contribution in [3.8, 4) is 0 Å². The van der Waals surface area contributed by atoms with E-state index in [1.165, 1.54) is 0 Å². The van der Waals surface area contributed by atoms with Crippen LogP contribution in [0.3, 0.4) is 0 Å². The molecule has 0 spiro atoms. The first-order valence-corrected chi connectivity index (χ1v) is 8.16. The molecule has 2 rings (SSSR count). The molecule has 2 amide bonds. The van der Waals surface area contributed by atoms with Crippen LogP contribution in [0.5, 0.6) is 0 Å². The Morgan fingerprint density at radius 1 is 1.39 bits per heavy atom. The van der Waals surface area contributed by atoms with Crippen LogP contribution in [-0.4, -0.2) is 49.6 Å². The Hall–Kier alpha value is -1.88. The maximum atomic E-state index is 12.3. The lowest BCUT2D eigenvalue weighted by Gasteiger charge is -2.17. The molecule has 1 heterocycles. The van der Waals surface area contributed by atoms with E-state index >= 15 is 0 Å². The summed E-state index contributed by atoms with van der Waals surface area (Å²) in [7, 11) is 1.64. The molecule has 1 aromatic rings. The van der Waals surface area contributed by atoms with Crippen molar-refractivity contribution in [3.63, 3.8) is 0 Å². The zero-order valence-electron chi connectivity index (χ0n) is 14.2. The van der Waals surface area contributed by atoms with E-state index in [0.717, 1.165) is 18.5 Å². The largest absolute Gasteiger partial charge is 0.383 e. The summed E-state index contributed by atoms with van der Waals surface area (Å²) in [4.78, 5) is 26.2. The standard InChI is InChI=1S/C18H26N2O3/c1-13(2)19-18(22)16-7-5-4-6-15(16)10-14-11-17(21)20(12-14)8-9-23-3/h4-7,13-14H,8-12H2,1-3H3,(H,19,22)/t14-/m1/s1. The highest BCUT2D eigenvalue weighted by Gasteiger charge is 2.30. The van der Waals surface area contributed by atoms with Gasteiger partial charge in [0.25, 0.3) is 5.91 Å². The van der Waals surface area contributed by atoms with Gasteiger partial charge in [-0.15, -0.1) is 0 Å². The van der Waals surface area contributed by atoms with Crippen molar-refractivity contribution in [2.75, 3.05) is 26.8 Å². The van der Waals surface area contributed by atoms with Crippen molar-refractivity contribution in [2.45, 2.75) is 32.7 Å². The zero-order chi connectivity index (χ0) is 16.8. The van der Waals surface area contributed by atoms with Gasteiger partial charge in [0.05, 0.1) is 6.61 Å². The number of carbonyl (C=O) groups excluding carboxylic acids is 2. The molecule has 1 aliphatic heterocycles. The molecule has 5 nitrogen and oxygen atoms in total. The lowest BCUT2D eigenvalue weighted by Crippen LogP contribution is -2.31. The van der Waals surface area contributed by atoms with Crippen molar-refractivity contribution >= 4 is 11.8 Å². The maximum Gasteiger partial charge on any atom is 0.251 e. The fourth-order valence-electron chi connectivity index (χ4n) is 2.98. The van der Waals surface area contributed by atoms with Gasteiger partial charge in [-0.1, -0.05) is 18.2 Å². The Morgan fingerprint density at radius 2 is 2.13 bits per heavy atom. The van der Waals surface area contributed by atoms with Gasteiger partial charge in [0.2, 0.25) is 5.91 Å². The third kappa shape index (κ3) is 4.79. The number of nitrogens with one attached hydrogen (secondary N) is 1. The van der Waals surface area contributed by atoms with Crippen LogP contribution in [0.15, 0.2) is 24.3 Å². The molecule has 0 radical (unpaired) electrons. The third-order valence-corrected chi connectivity index (χ3v) is 4.05. The van der Waals surface area contributed by atoms with E-state index in [0.29, 0.717) is 25.1 Å². The summed E-state index contributed by atoms with van der Waals surface area (Å²) in [5, 5.41) is 2.94. The minimum atomic E-state index is -0.0452. The van der Waals surface area contributed by atoms with Crippen molar-refractivity contribution in [1.82, 2.24) is 10.2 Å². The molecular weight excluding hydrogens is 292 g/mol. The van der Waals surface area contributed by atoms with Gasteiger partial charge in [-0.3, -0.25) is 9.59 Å². The van der Waals surface area contributed by atoms with Gasteiger partial charge in [0.15, 0.2) is 0 Å². The van der Waals surface area contributed by atoms with Gasteiger partial charge in [0, 0.05) is 38.2 Å². The number of benzene rings is 1. The van der Waals surface area contributed by atoms with Gasteiger partial charge in [0.1, 0.15) is 0 Å². The molecule has 0 saturated carbocycles. The monoisotopic (exact) mass is 318 g/mol. The number of likely N-dealkylation sites (tertiary alicyclic amines) is 1. The Balaban J connectivity index is 2.03. The second-order valence-electron chi connectivity index (χ2n) is 6.39. The first kappa shape index (κ1) is 17.5. The molecule has 1 saturated heterocycles. The molecule has 1 atom stereocenters. The van der Waals surface area contributed by atoms with E-state index in [-0.39, 0.29) is 23.8 Å². The van der Waals surface area contributed by atoms with Crippen molar-refractivity contribution in [2.24, 2.45) is 5.92 Å². The van der Waals surface area contributed by atoms with E-state index < -0.39 is 0 Å². The predicted molar refractivity (Wildman–Crippen MR) is 89.3 cm³/mol. The zero-order valence-corrected chi connectivity index (χ0v) is 14.2. The van der Waals surface area contributed by atoms with Gasteiger partial charge in [-0.05, 0) is 37.8 Å². The molecule has 23 heavy (non-hydrogen) atoms. The Morgan fingerprint density at radius 3 is 2.83 bits per heavy atom. The van der Waals surface area contributed by atoms with Crippen LogP contribution >= 0.6 is 0 Å². The van der Waals surface area contributed by atoms with E-state index in [4.69, 9.17) is 4.74 Å². The Bertz CT molecular complexity index is 557. The minimum absolute atomic E-state index is 0.0452. The van der Waals surface area contributed by atoms with Crippen LogP contribution < -0.4 is 5.32 Å². The average molecular weight is 318 g/mol. The minimum Gasteiger partial charge on any atom is -0.383 e. The summed E-state index contributed by atoms with van der Waals surface area (Å²) >= 11 is 0. The smallest absolute Gasteiger partial charge is 0.251 e. The lowest BCUT2D eigenvalue weighted by atomic mass is 9.94. The predicted octanol–water partition coefficient (Wildman–Crippen LogP) is 1.86. The van der Waals surface area contributed by atoms with Gasteiger partial charge >= 0.3 is 0 Å². The Kier molecular flexibility index (Phi) is 6.16. The van der Waals surface area contributed by atoms with Gasteiger partial charge in [-0.2, -0.15) is 0 Å². The molecule has 126 valence electrons. The van der Waals surface area contributed by atoms with E-state index in [1.54, 1.807) is 7.11 Å². The van der Waals surface area contributed by atoms with Crippen LogP contribution in [0, 0.1) is 5.92 Å². The number of amides is 2. The van der Waals surface area contributed by atoms with Gasteiger partial charge < -0.3 is 15.0 Å². The summed E-state index contributed by atoms with van der Waals surface area (Å²) < 4.78 is 5.05. The maximum absolute atomic E-state index is 12.3. The molecule has 1 aliphatic rings. The number of nitrogens with zero attached hydrogens (tertiary/aromatic N) is 1. The van der Waals surface area contributed by atoms with E-state index in [9.17, 15) is 9.59 Å². The Labute approximate surface area is 138 Å². The summed E-state index contributed by atoms with van der Waals surface area (Å²) in [6.07, 6.45) is 1.29. The molecule has 0 aromatic heterocycles. The number of carbonyl (C=O) groups is 2. The first-order chi connectivity index (χ1) is 11.0. The van der Waals surface area contributed by atoms with Crippen LogP contribution in [0.4, 0.5) is 0 Å². The molecular formula is C18H26N2O3.